The predicted molar refractivity (Wildman–Crippen MR) is 87.0 cm³/mol. The van der Waals surface area contributed by atoms with Gasteiger partial charge in [-0.1, -0.05) is 24.6 Å². The molecule has 0 amide bonds. The second-order valence-electron chi connectivity index (χ2n) is 5.76. The topological polar surface area (TPSA) is 43.8 Å². The lowest BCUT2D eigenvalue weighted by molar-refractivity contribution is -0.131. The Morgan fingerprint density at radius 3 is 2.71 bits per heavy atom. The summed E-state index contributed by atoms with van der Waals surface area (Å²) in [7, 11) is 4.18. The molecule has 2 atom stereocenters. The molecule has 2 rings (SSSR count). The first-order valence-corrected chi connectivity index (χ1v) is 7.39. The lowest BCUT2D eigenvalue weighted by Gasteiger charge is -2.24. The highest BCUT2D eigenvalue weighted by molar-refractivity contribution is 6.32. The van der Waals surface area contributed by atoms with Crippen LogP contribution in [0.1, 0.15) is 12.5 Å². The van der Waals surface area contributed by atoms with Crippen LogP contribution in [0.4, 0.5) is 5.69 Å². The molecule has 0 spiro atoms. The van der Waals surface area contributed by atoms with E-state index in [2.05, 4.69) is 30.8 Å². The van der Waals surface area contributed by atoms with Crippen molar-refractivity contribution in [3.8, 4) is 0 Å². The summed E-state index contributed by atoms with van der Waals surface area (Å²) in [5, 5.41) is 9.40. The average molecular weight is 309 g/mol. The fourth-order valence-corrected chi connectivity index (χ4v) is 3.17. The van der Waals surface area contributed by atoms with E-state index in [9.17, 15) is 4.79 Å². The Hall–Kier alpha value is -1.52. The van der Waals surface area contributed by atoms with Gasteiger partial charge in [0.25, 0.3) is 0 Å². The average Bonchev–Trinajstić information content (AvgIpc) is 2.79. The number of carboxylic acids is 1. The maximum atomic E-state index is 10.8. The second-order valence-corrected chi connectivity index (χ2v) is 6.16. The van der Waals surface area contributed by atoms with Crippen molar-refractivity contribution in [2.24, 2.45) is 5.92 Å². The molecule has 1 fully saturated rings. The zero-order chi connectivity index (χ0) is 15.6. The monoisotopic (exact) mass is 308 g/mol. The van der Waals surface area contributed by atoms with E-state index in [1.807, 2.05) is 12.1 Å². The number of likely N-dealkylation sites (N-methyl/N-ethyl adjacent to an activating group) is 1. The third-order valence-corrected chi connectivity index (χ3v) is 4.33. The zero-order valence-corrected chi connectivity index (χ0v) is 13.3. The van der Waals surface area contributed by atoms with Crippen LogP contribution in [0, 0.1) is 5.92 Å². The van der Waals surface area contributed by atoms with Crippen LogP contribution >= 0.6 is 11.6 Å². The van der Waals surface area contributed by atoms with Gasteiger partial charge in [-0.15, -0.1) is 0 Å². The number of aliphatic carboxylic acids is 1. The molecule has 1 N–H and O–H groups in total. The Morgan fingerprint density at radius 1 is 1.43 bits per heavy atom. The van der Waals surface area contributed by atoms with Gasteiger partial charge >= 0.3 is 5.97 Å². The van der Waals surface area contributed by atoms with Crippen LogP contribution in [0.3, 0.4) is 0 Å². The van der Waals surface area contributed by atoms with Crippen LogP contribution in [-0.2, 0) is 4.79 Å². The molecule has 5 heteroatoms. The predicted octanol–water partition coefficient (Wildman–Crippen LogP) is 2.82. The van der Waals surface area contributed by atoms with Crippen molar-refractivity contribution in [3.63, 3.8) is 0 Å². The van der Waals surface area contributed by atoms with Gasteiger partial charge in [0.15, 0.2) is 0 Å². The summed E-state index contributed by atoms with van der Waals surface area (Å²) in [5.74, 6) is -0.419. The molecule has 0 saturated carbocycles. The fraction of sp³-hybridized carbons (Fsp3) is 0.438. The molecule has 1 aromatic rings. The number of carbonyl (C=O) groups is 1. The molecule has 21 heavy (non-hydrogen) atoms. The van der Waals surface area contributed by atoms with E-state index in [1.165, 1.54) is 0 Å². The molecule has 1 aliphatic heterocycles. The molecule has 0 aliphatic carbocycles. The Balaban J connectivity index is 2.32. The van der Waals surface area contributed by atoms with E-state index in [0.717, 1.165) is 30.4 Å². The Morgan fingerprint density at radius 2 is 2.14 bits per heavy atom. The van der Waals surface area contributed by atoms with Gasteiger partial charge in [-0.2, -0.15) is 0 Å². The number of benzene rings is 1. The largest absolute Gasteiger partial charge is 0.478 e. The van der Waals surface area contributed by atoms with Gasteiger partial charge in [0.1, 0.15) is 0 Å². The van der Waals surface area contributed by atoms with Gasteiger partial charge in [-0.05, 0) is 38.2 Å². The number of anilines is 1. The van der Waals surface area contributed by atoms with Crippen LogP contribution in [0.5, 0.6) is 0 Å². The SMILES string of the molecule is CC1CN(c2cccc(Cl)c2/C=C/C(=O)O)CC1N(C)C. The molecular weight excluding hydrogens is 288 g/mol. The summed E-state index contributed by atoms with van der Waals surface area (Å²) >= 11 is 6.25. The van der Waals surface area contributed by atoms with E-state index < -0.39 is 5.97 Å². The van der Waals surface area contributed by atoms with E-state index in [0.29, 0.717) is 17.0 Å². The molecule has 114 valence electrons. The van der Waals surface area contributed by atoms with Crippen molar-refractivity contribution in [1.29, 1.82) is 0 Å². The van der Waals surface area contributed by atoms with Crippen molar-refractivity contribution in [2.45, 2.75) is 13.0 Å². The maximum absolute atomic E-state index is 10.8. The van der Waals surface area contributed by atoms with Crippen LogP contribution in [0.2, 0.25) is 5.02 Å². The summed E-state index contributed by atoms with van der Waals surface area (Å²) in [4.78, 5) is 15.3. The molecule has 1 aliphatic rings. The highest BCUT2D eigenvalue weighted by atomic mass is 35.5. The summed E-state index contributed by atoms with van der Waals surface area (Å²) in [6.45, 7) is 4.10. The van der Waals surface area contributed by atoms with Crippen LogP contribution in [-0.4, -0.2) is 49.2 Å². The van der Waals surface area contributed by atoms with Gasteiger partial charge in [-0.3, -0.25) is 0 Å². The Bertz CT molecular complexity index is 557. The van der Waals surface area contributed by atoms with Crippen LogP contribution in [0.25, 0.3) is 6.08 Å². The standard InChI is InChI=1S/C16H21ClN2O2/c1-11-9-19(10-15(11)18(2)3)14-6-4-5-13(17)12(14)7-8-16(20)21/h4-8,11,15H,9-10H2,1-3H3,(H,20,21)/b8-7+. The zero-order valence-electron chi connectivity index (χ0n) is 12.6. The van der Waals surface area contributed by atoms with Crippen molar-refractivity contribution in [2.75, 3.05) is 32.1 Å². The molecule has 1 aromatic carbocycles. The number of halogens is 1. The number of rotatable bonds is 4. The quantitative estimate of drug-likeness (QED) is 0.869. The van der Waals surface area contributed by atoms with E-state index in [1.54, 1.807) is 12.1 Å². The molecule has 0 bridgehead atoms. The molecule has 2 unspecified atom stereocenters. The number of hydrogen-bond donors (Lipinski definition) is 1. The number of nitrogens with zero attached hydrogens (tertiary/aromatic N) is 2. The van der Waals surface area contributed by atoms with E-state index in [-0.39, 0.29) is 0 Å². The Labute approximate surface area is 130 Å². The van der Waals surface area contributed by atoms with Gasteiger partial charge in [-0.25, -0.2) is 4.79 Å². The lowest BCUT2D eigenvalue weighted by atomic mass is 10.1. The summed E-state index contributed by atoms with van der Waals surface area (Å²) in [5.41, 5.74) is 1.77. The van der Waals surface area contributed by atoms with E-state index in [4.69, 9.17) is 16.7 Å². The maximum Gasteiger partial charge on any atom is 0.328 e. The van der Waals surface area contributed by atoms with Gasteiger partial charge in [0.2, 0.25) is 0 Å². The highest BCUT2D eigenvalue weighted by Gasteiger charge is 2.31. The van der Waals surface area contributed by atoms with Crippen LogP contribution < -0.4 is 4.90 Å². The smallest absolute Gasteiger partial charge is 0.328 e. The first kappa shape index (κ1) is 15.9. The fourth-order valence-electron chi connectivity index (χ4n) is 2.94. The Kier molecular flexibility index (Phi) is 4.91. The molecule has 1 saturated heterocycles. The lowest BCUT2D eigenvalue weighted by Crippen LogP contribution is -2.34. The highest BCUT2D eigenvalue weighted by Crippen LogP contribution is 2.33. The van der Waals surface area contributed by atoms with Crippen molar-refractivity contribution >= 4 is 29.3 Å². The van der Waals surface area contributed by atoms with Crippen molar-refractivity contribution in [3.05, 3.63) is 34.9 Å². The minimum Gasteiger partial charge on any atom is -0.478 e. The van der Waals surface area contributed by atoms with Crippen molar-refractivity contribution < 1.29 is 9.90 Å². The minimum atomic E-state index is -0.971. The third kappa shape index (κ3) is 3.57. The second kappa shape index (κ2) is 6.50. The van der Waals surface area contributed by atoms with Gasteiger partial charge < -0.3 is 14.9 Å². The molecular formula is C16H21ClN2O2. The van der Waals surface area contributed by atoms with E-state index >= 15 is 0 Å². The van der Waals surface area contributed by atoms with Crippen LogP contribution in [0.15, 0.2) is 24.3 Å². The van der Waals surface area contributed by atoms with Gasteiger partial charge in [0, 0.05) is 41.5 Å². The normalized spacial score (nSPS) is 22.4. The number of hydrogen-bond acceptors (Lipinski definition) is 3. The molecule has 4 nitrogen and oxygen atoms in total. The molecule has 0 radical (unpaired) electrons. The van der Waals surface area contributed by atoms with Crippen molar-refractivity contribution in [1.82, 2.24) is 4.90 Å². The number of carboxylic acid groups (broad SMARTS) is 1. The third-order valence-electron chi connectivity index (χ3n) is 4.00. The molecule has 0 aromatic heterocycles. The summed E-state index contributed by atoms with van der Waals surface area (Å²) in [6, 6.07) is 6.18. The first-order chi connectivity index (χ1) is 9.90. The summed E-state index contributed by atoms with van der Waals surface area (Å²) in [6.07, 6.45) is 2.71. The molecule has 1 heterocycles. The van der Waals surface area contributed by atoms with Gasteiger partial charge in [0.05, 0.1) is 0 Å². The first-order valence-electron chi connectivity index (χ1n) is 7.01. The summed E-state index contributed by atoms with van der Waals surface area (Å²) < 4.78 is 0. The minimum absolute atomic E-state index is 0.486.